The summed E-state index contributed by atoms with van der Waals surface area (Å²) in [7, 11) is 0. The zero-order valence-corrected chi connectivity index (χ0v) is 9.85. The van der Waals surface area contributed by atoms with Crippen molar-refractivity contribution in [3.8, 4) is 6.07 Å². The number of aromatic nitrogens is 3. The van der Waals surface area contributed by atoms with Gasteiger partial charge >= 0.3 is 0 Å². The second kappa shape index (κ2) is 4.33. The number of hydrogen-bond acceptors (Lipinski definition) is 4. The van der Waals surface area contributed by atoms with Crippen LogP contribution in [0.4, 0.5) is 5.82 Å². The van der Waals surface area contributed by atoms with Crippen LogP contribution in [0.1, 0.15) is 11.3 Å². The van der Waals surface area contributed by atoms with E-state index in [1.54, 1.807) is 22.9 Å². The van der Waals surface area contributed by atoms with Crippen LogP contribution in [0.3, 0.4) is 0 Å². The first-order chi connectivity index (χ1) is 7.69. The molecule has 2 aromatic rings. The molecule has 2 heterocycles. The van der Waals surface area contributed by atoms with Crippen molar-refractivity contribution in [3.63, 3.8) is 0 Å². The number of nitrogens with zero attached hydrogens (tertiary/aromatic N) is 4. The van der Waals surface area contributed by atoms with Gasteiger partial charge in [0.05, 0.1) is 17.8 Å². The van der Waals surface area contributed by atoms with Crippen molar-refractivity contribution in [3.05, 3.63) is 40.3 Å². The second-order valence-corrected chi connectivity index (χ2v) is 4.01. The zero-order valence-electron chi connectivity index (χ0n) is 8.26. The highest BCUT2D eigenvalue weighted by Gasteiger charge is 2.04. The summed E-state index contributed by atoms with van der Waals surface area (Å²) in [4.78, 5) is 4.15. The Morgan fingerprint density at radius 2 is 2.31 bits per heavy atom. The maximum Gasteiger partial charge on any atom is 0.146 e. The van der Waals surface area contributed by atoms with Crippen LogP contribution < -0.4 is 5.73 Å². The van der Waals surface area contributed by atoms with Gasteiger partial charge in [-0.05, 0) is 28.1 Å². The fraction of sp³-hybridized carbons (Fsp3) is 0.100. The highest BCUT2D eigenvalue weighted by Crippen LogP contribution is 2.14. The van der Waals surface area contributed by atoms with Gasteiger partial charge in [0.2, 0.25) is 0 Å². The maximum atomic E-state index is 8.63. The molecule has 6 heteroatoms. The van der Waals surface area contributed by atoms with E-state index in [-0.39, 0.29) is 0 Å². The Morgan fingerprint density at radius 3 is 2.81 bits per heavy atom. The Balaban J connectivity index is 2.21. The molecule has 0 atom stereocenters. The number of halogens is 1. The van der Waals surface area contributed by atoms with E-state index in [9.17, 15) is 0 Å². The lowest BCUT2D eigenvalue weighted by molar-refractivity contribution is 0.661. The minimum Gasteiger partial charge on any atom is -0.382 e. The molecule has 0 radical (unpaired) electrons. The number of pyridine rings is 1. The number of nitriles is 1. The molecule has 0 saturated carbocycles. The van der Waals surface area contributed by atoms with Crippen LogP contribution in [0.2, 0.25) is 0 Å². The maximum absolute atomic E-state index is 8.63. The lowest BCUT2D eigenvalue weighted by Crippen LogP contribution is -2.04. The summed E-state index contributed by atoms with van der Waals surface area (Å²) in [5, 5.41) is 12.7. The van der Waals surface area contributed by atoms with E-state index < -0.39 is 0 Å². The monoisotopic (exact) mass is 277 g/mol. The van der Waals surface area contributed by atoms with Gasteiger partial charge in [0.1, 0.15) is 16.5 Å². The van der Waals surface area contributed by atoms with Crippen LogP contribution in [0.15, 0.2) is 29.0 Å². The first-order valence-electron chi connectivity index (χ1n) is 4.53. The number of hydrogen-bond donors (Lipinski definition) is 1. The van der Waals surface area contributed by atoms with Crippen LogP contribution in [0.25, 0.3) is 0 Å². The lowest BCUT2D eigenvalue weighted by Gasteiger charge is -2.02. The van der Waals surface area contributed by atoms with Gasteiger partial charge in [0.15, 0.2) is 0 Å². The zero-order chi connectivity index (χ0) is 11.5. The molecule has 0 unspecified atom stereocenters. The largest absolute Gasteiger partial charge is 0.382 e. The molecule has 0 aliphatic rings. The Hall–Kier alpha value is -1.87. The summed E-state index contributed by atoms with van der Waals surface area (Å²) >= 11 is 3.34. The summed E-state index contributed by atoms with van der Waals surface area (Å²) in [5.41, 5.74) is 6.92. The van der Waals surface area contributed by atoms with Gasteiger partial charge in [-0.3, -0.25) is 9.67 Å². The standard InChI is InChI=1S/C10H8BrN5/c11-9-3-10(13)15-16(9)6-8-2-1-7(4-12)5-14-8/h1-3,5H,6H2,(H2,13,15). The van der Waals surface area contributed by atoms with Gasteiger partial charge in [-0.2, -0.15) is 10.4 Å². The first kappa shape index (κ1) is 10.6. The second-order valence-electron chi connectivity index (χ2n) is 3.20. The average molecular weight is 278 g/mol. The normalized spacial score (nSPS) is 10.0. The Morgan fingerprint density at radius 1 is 1.50 bits per heavy atom. The highest BCUT2D eigenvalue weighted by atomic mass is 79.9. The van der Waals surface area contributed by atoms with Crippen molar-refractivity contribution < 1.29 is 0 Å². The molecule has 2 N–H and O–H groups in total. The Kier molecular flexibility index (Phi) is 2.88. The van der Waals surface area contributed by atoms with Crippen molar-refractivity contribution in [2.75, 3.05) is 5.73 Å². The lowest BCUT2D eigenvalue weighted by atomic mass is 10.3. The molecule has 5 nitrogen and oxygen atoms in total. The number of nitrogen functional groups attached to an aromatic ring is 1. The average Bonchev–Trinajstić information content (AvgIpc) is 2.59. The molecule has 80 valence electrons. The Bertz CT molecular complexity index is 537. The van der Waals surface area contributed by atoms with Gasteiger partial charge in [-0.15, -0.1) is 0 Å². The topological polar surface area (TPSA) is 80.5 Å². The molecule has 0 bridgehead atoms. The van der Waals surface area contributed by atoms with Crippen LogP contribution in [-0.2, 0) is 6.54 Å². The predicted octanol–water partition coefficient (Wildman–Crippen LogP) is 1.54. The summed E-state index contributed by atoms with van der Waals surface area (Å²) < 4.78 is 2.50. The number of rotatable bonds is 2. The summed E-state index contributed by atoms with van der Waals surface area (Å²) in [6, 6.07) is 7.26. The van der Waals surface area contributed by atoms with Crippen molar-refractivity contribution in [1.82, 2.24) is 14.8 Å². The molecule has 2 aromatic heterocycles. The summed E-state index contributed by atoms with van der Waals surface area (Å²) in [6.07, 6.45) is 1.54. The molecule has 16 heavy (non-hydrogen) atoms. The predicted molar refractivity (Wildman–Crippen MR) is 62.4 cm³/mol. The SMILES string of the molecule is N#Cc1ccc(Cn2nc(N)cc2Br)nc1. The van der Waals surface area contributed by atoms with E-state index in [0.717, 1.165) is 10.3 Å². The van der Waals surface area contributed by atoms with E-state index in [2.05, 4.69) is 26.0 Å². The molecular weight excluding hydrogens is 270 g/mol. The third-order valence-electron chi connectivity index (χ3n) is 2.02. The third-order valence-corrected chi connectivity index (χ3v) is 2.65. The van der Waals surface area contributed by atoms with Crippen LogP contribution in [0.5, 0.6) is 0 Å². The van der Waals surface area contributed by atoms with E-state index >= 15 is 0 Å². The number of nitrogens with two attached hydrogens (primary N) is 1. The molecule has 0 spiro atoms. The summed E-state index contributed by atoms with van der Waals surface area (Å²) in [5.74, 6) is 0.459. The molecule has 0 aromatic carbocycles. The minimum atomic E-state index is 0.459. The van der Waals surface area contributed by atoms with Crippen LogP contribution >= 0.6 is 15.9 Å². The molecule has 0 saturated heterocycles. The van der Waals surface area contributed by atoms with Crippen LogP contribution in [0, 0.1) is 11.3 Å². The van der Waals surface area contributed by atoms with Crippen molar-refractivity contribution in [1.29, 1.82) is 5.26 Å². The molecule has 0 amide bonds. The van der Waals surface area contributed by atoms with Gasteiger partial charge in [-0.25, -0.2) is 0 Å². The van der Waals surface area contributed by atoms with E-state index in [1.165, 1.54) is 6.20 Å². The quantitative estimate of drug-likeness (QED) is 0.903. The molecular formula is C10H8BrN5. The van der Waals surface area contributed by atoms with Gasteiger partial charge in [0.25, 0.3) is 0 Å². The third kappa shape index (κ3) is 2.20. The molecule has 0 aliphatic heterocycles. The van der Waals surface area contributed by atoms with Crippen molar-refractivity contribution in [2.45, 2.75) is 6.54 Å². The minimum absolute atomic E-state index is 0.459. The Labute approximate surface area is 101 Å². The molecule has 0 aliphatic carbocycles. The van der Waals surface area contributed by atoms with Gasteiger partial charge < -0.3 is 5.73 Å². The highest BCUT2D eigenvalue weighted by molar-refractivity contribution is 9.10. The number of anilines is 1. The molecule has 2 rings (SSSR count). The molecule has 0 fully saturated rings. The van der Waals surface area contributed by atoms with Crippen molar-refractivity contribution in [2.24, 2.45) is 0 Å². The smallest absolute Gasteiger partial charge is 0.146 e. The van der Waals surface area contributed by atoms with Gasteiger partial charge in [0, 0.05) is 12.3 Å². The van der Waals surface area contributed by atoms with E-state index in [1.807, 2.05) is 6.07 Å². The summed E-state index contributed by atoms with van der Waals surface area (Å²) in [6.45, 7) is 0.517. The van der Waals surface area contributed by atoms with Gasteiger partial charge in [-0.1, -0.05) is 0 Å². The van der Waals surface area contributed by atoms with E-state index in [4.69, 9.17) is 11.0 Å². The first-order valence-corrected chi connectivity index (χ1v) is 5.32. The fourth-order valence-corrected chi connectivity index (χ4v) is 1.70. The fourth-order valence-electron chi connectivity index (χ4n) is 1.26. The van der Waals surface area contributed by atoms with Crippen molar-refractivity contribution >= 4 is 21.7 Å². The van der Waals surface area contributed by atoms with Crippen LogP contribution in [-0.4, -0.2) is 14.8 Å². The van der Waals surface area contributed by atoms with E-state index in [0.29, 0.717) is 17.9 Å².